The lowest BCUT2D eigenvalue weighted by Crippen LogP contribution is -2.16. The van der Waals surface area contributed by atoms with Crippen molar-refractivity contribution in [1.29, 1.82) is 0 Å². The van der Waals surface area contributed by atoms with Crippen molar-refractivity contribution >= 4 is 0 Å². The van der Waals surface area contributed by atoms with Crippen LogP contribution in [0.1, 0.15) is 59.6 Å². The first-order chi connectivity index (χ1) is 13.1. The quantitative estimate of drug-likeness (QED) is 0.527. The Hall–Kier alpha value is -2.62. The molecule has 0 unspecified atom stereocenters. The lowest BCUT2D eigenvalue weighted by Gasteiger charge is -2.25. The molecule has 1 aromatic heterocycles. The molecule has 0 atom stereocenters. The zero-order valence-electron chi connectivity index (χ0n) is 18.0. The molecule has 3 rings (SSSR count). The van der Waals surface area contributed by atoms with Gasteiger partial charge in [-0.2, -0.15) is 0 Å². The molecular formula is C24H30N2O2. The maximum atomic E-state index is 6.03. The van der Waals surface area contributed by atoms with Gasteiger partial charge in [-0.15, -0.1) is 10.2 Å². The molecule has 3 aromatic rings. The van der Waals surface area contributed by atoms with Crippen molar-refractivity contribution in [2.45, 2.75) is 59.3 Å². The van der Waals surface area contributed by atoms with Gasteiger partial charge in [-0.1, -0.05) is 47.6 Å². The molecule has 148 valence electrons. The first-order valence-corrected chi connectivity index (χ1v) is 9.81. The Labute approximate surface area is 168 Å². The van der Waals surface area contributed by atoms with Crippen LogP contribution in [-0.4, -0.2) is 16.8 Å². The Morgan fingerprint density at radius 3 is 1.71 bits per heavy atom. The van der Waals surface area contributed by atoms with Crippen LogP contribution >= 0.6 is 0 Å². The first-order valence-electron chi connectivity index (χ1n) is 9.81. The standard InChI is InChI=1S/C24H30N2O2/c1-8-27-20-11-9-16(10-12-20)21-25-26-22(28-21)17-13-18(23(2,3)4)15-19(14-17)24(5,6)7/h9-15H,8H2,1-7H3. The van der Waals surface area contributed by atoms with Gasteiger partial charge in [-0.05, 0) is 65.3 Å². The molecule has 0 radical (unpaired) electrons. The van der Waals surface area contributed by atoms with Gasteiger partial charge in [-0.3, -0.25) is 0 Å². The normalized spacial score (nSPS) is 12.2. The van der Waals surface area contributed by atoms with Gasteiger partial charge in [0.25, 0.3) is 0 Å². The van der Waals surface area contributed by atoms with Crippen molar-refractivity contribution in [3.8, 4) is 28.7 Å². The molecule has 0 N–H and O–H groups in total. The van der Waals surface area contributed by atoms with E-state index in [4.69, 9.17) is 9.15 Å². The van der Waals surface area contributed by atoms with Crippen molar-refractivity contribution in [3.05, 3.63) is 53.6 Å². The number of hydrogen-bond donors (Lipinski definition) is 0. The Morgan fingerprint density at radius 1 is 0.750 bits per heavy atom. The molecule has 4 heteroatoms. The van der Waals surface area contributed by atoms with Crippen LogP contribution in [0.25, 0.3) is 22.9 Å². The second-order valence-electron chi connectivity index (χ2n) is 9.17. The number of hydrogen-bond acceptors (Lipinski definition) is 4. The Kier molecular flexibility index (Phi) is 5.33. The van der Waals surface area contributed by atoms with Gasteiger partial charge in [0.05, 0.1) is 6.61 Å². The number of ether oxygens (including phenoxy) is 1. The highest BCUT2D eigenvalue weighted by molar-refractivity contribution is 5.61. The molecule has 1 heterocycles. The van der Waals surface area contributed by atoms with Crippen molar-refractivity contribution in [1.82, 2.24) is 10.2 Å². The maximum Gasteiger partial charge on any atom is 0.248 e. The monoisotopic (exact) mass is 378 g/mol. The van der Waals surface area contributed by atoms with Crippen molar-refractivity contribution in [2.24, 2.45) is 0 Å². The van der Waals surface area contributed by atoms with E-state index >= 15 is 0 Å². The summed E-state index contributed by atoms with van der Waals surface area (Å²) >= 11 is 0. The molecule has 4 nitrogen and oxygen atoms in total. The van der Waals surface area contributed by atoms with Crippen molar-refractivity contribution in [3.63, 3.8) is 0 Å². The fraction of sp³-hybridized carbons (Fsp3) is 0.417. The Morgan fingerprint density at radius 2 is 1.25 bits per heavy atom. The largest absolute Gasteiger partial charge is 0.494 e. The molecule has 0 saturated heterocycles. The van der Waals surface area contributed by atoms with E-state index in [9.17, 15) is 0 Å². The van der Waals surface area contributed by atoms with Gasteiger partial charge in [-0.25, -0.2) is 0 Å². The van der Waals surface area contributed by atoms with E-state index in [1.165, 1.54) is 11.1 Å². The van der Waals surface area contributed by atoms with Crippen LogP contribution in [0.15, 0.2) is 46.9 Å². The predicted octanol–water partition coefficient (Wildman–Crippen LogP) is 6.40. The third kappa shape index (κ3) is 4.44. The number of benzene rings is 2. The summed E-state index contributed by atoms with van der Waals surface area (Å²) in [6.07, 6.45) is 0. The molecule has 0 bridgehead atoms. The van der Waals surface area contributed by atoms with Gasteiger partial charge < -0.3 is 9.15 Å². The summed E-state index contributed by atoms with van der Waals surface area (Å²) in [5, 5.41) is 8.58. The average Bonchev–Trinajstić information content (AvgIpc) is 3.11. The summed E-state index contributed by atoms with van der Waals surface area (Å²) in [7, 11) is 0. The molecule has 0 aliphatic carbocycles. The third-order valence-electron chi connectivity index (χ3n) is 4.75. The van der Waals surface area contributed by atoms with Crippen LogP contribution in [0.4, 0.5) is 0 Å². The Bertz CT molecular complexity index is 910. The van der Waals surface area contributed by atoms with E-state index in [0.717, 1.165) is 16.9 Å². The number of rotatable bonds is 4. The molecule has 28 heavy (non-hydrogen) atoms. The van der Waals surface area contributed by atoms with E-state index in [1.54, 1.807) is 0 Å². The minimum absolute atomic E-state index is 0.0357. The van der Waals surface area contributed by atoms with Crippen LogP contribution in [-0.2, 0) is 10.8 Å². The van der Waals surface area contributed by atoms with Crippen LogP contribution in [0.3, 0.4) is 0 Å². The fourth-order valence-electron chi connectivity index (χ4n) is 2.93. The van der Waals surface area contributed by atoms with Crippen molar-refractivity contribution < 1.29 is 9.15 Å². The van der Waals surface area contributed by atoms with Crippen LogP contribution in [0.5, 0.6) is 5.75 Å². The van der Waals surface area contributed by atoms with E-state index in [1.807, 2.05) is 31.2 Å². The highest BCUT2D eigenvalue weighted by Crippen LogP contribution is 2.34. The van der Waals surface area contributed by atoms with Gasteiger partial charge in [0.15, 0.2) is 0 Å². The summed E-state index contributed by atoms with van der Waals surface area (Å²) in [6, 6.07) is 14.3. The lowest BCUT2D eigenvalue weighted by atomic mass is 9.79. The predicted molar refractivity (Wildman–Crippen MR) is 114 cm³/mol. The van der Waals surface area contributed by atoms with Gasteiger partial charge in [0, 0.05) is 11.1 Å². The smallest absolute Gasteiger partial charge is 0.248 e. The second-order valence-corrected chi connectivity index (χ2v) is 9.17. The average molecular weight is 379 g/mol. The molecule has 2 aromatic carbocycles. The molecule has 0 saturated carbocycles. The minimum Gasteiger partial charge on any atom is -0.494 e. The molecule has 0 fully saturated rings. The van der Waals surface area contributed by atoms with Crippen molar-refractivity contribution in [2.75, 3.05) is 6.61 Å². The molecule has 0 amide bonds. The van der Waals surface area contributed by atoms with Crippen LogP contribution in [0.2, 0.25) is 0 Å². The number of aromatic nitrogens is 2. The van der Waals surface area contributed by atoms with E-state index < -0.39 is 0 Å². The Balaban J connectivity index is 2.00. The molecule has 0 aliphatic rings. The topological polar surface area (TPSA) is 48.2 Å². The summed E-state index contributed by atoms with van der Waals surface area (Å²) in [5.74, 6) is 1.88. The zero-order chi connectivity index (χ0) is 20.5. The van der Waals surface area contributed by atoms with Crippen LogP contribution in [0, 0.1) is 0 Å². The third-order valence-corrected chi connectivity index (χ3v) is 4.75. The molecule has 0 aliphatic heterocycles. The lowest BCUT2D eigenvalue weighted by molar-refractivity contribution is 0.340. The summed E-state index contributed by atoms with van der Waals surface area (Å²) in [5.41, 5.74) is 4.43. The zero-order valence-corrected chi connectivity index (χ0v) is 18.0. The van der Waals surface area contributed by atoms with Gasteiger partial charge in [0.2, 0.25) is 11.8 Å². The maximum absolute atomic E-state index is 6.03. The first kappa shape index (κ1) is 20.1. The van der Waals surface area contributed by atoms with Crippen LogP contribution < -0.4 is 4.74 Å². The SMILES string of the molecule is CCOc1ccc(-c2nnc(-c3cc(C(C)(C)C)cc(C(C)(C)C)c3)o2)cc1. The van der Waals surface area contributed by atoms with Gasteiger partial charge in [0.1, 0.15) is 5.75 Å². The summed E-state index contributed by atoms with van der Waals surface area (Å²) < 4.78 is 11.5. The summed E-state index contributed by atoms with van der Waals surface area (Å²) in [4.78, 5) is 0. The molecule has 0 spiro atoms. The van der Waals surface area contributed by atoms with E-state index in [-0.39, 0.29) is 10.8 Å². The second kappa shape index (κ2) is 7.42. The highest BCUT2D eigenvalue weighted by Gasteiger charge is 2.22. The summed E-state index contributed by atoms with van der Waals surface area (Å²) in [6.45, 7) is 15.9. The fourth-order valence-corrected chi connectivity index (χ4v) is 2.93. The number of nitrogens with zero attached hydrogens (tertiary/aromatic N) is 2. The minimum atomic E-state index is 0.0357. The highest BCUT2D eigenvalue weighted by atomic mass is 16.5. The van der Waals surface area contributed by atoms with E-state index in [0.29, 0.717) is 18.4 Å². The van der Waals surface area contributed by atoms with E-state index in [2.05, 4.69) is 69.9 Å². The van der Waals surface area contributed by atoms with Gasteiger partial charge >= 0.3 is 0 Å². The molecular weight excluding hydrogens is 348 g/mol.